The van der Waals surface area contributed by atoms with E-state index in [1.807, 2.05) is 5.38 Å². The van der Waals surface area contributed by atoms with Gasteiger partial charge in [0, 0.05) is 49.9 Å². The second kappa shape index (κ2) is 5.83. The van der Waals surface area contributed by atoms with Gasteiger partial charge in [-0.1, -0.05) is 11.3 Å². The van der Waals surface area contributed by atoms with Crippen LogP contribution < -0.4 is 9.64 Å². The van der Waals surface area contributed by atoms with E-state index in [9.17, 15) is 0 Å². The van der Waals surface area contributed by atoms with Crippen LogP contribution in [0.25, 0.3) is 0 Å². The van der Waals surface area contributed by atoms with E-state index >= 15 is 0 Å². The van der Waals surface area contributed by atoms with Crippen LogP contribution in [0, 0.1) is 0 Å². The third-order valence-corrected chi connectivity index (χ3v) is 4.08. The molecule has 1 fully saturated rings. The first-order valence-corrected chi connectivity index (χ1v) is 7.77. The standard InChI is InChI=1S/C12H13BrN4OS/c13-9-7-15-11(16-8-9)17-4-1-10(2-5-17)18-12-14-3-6-19-12/h3,6-8,10H,1-2,4-5H2. The van der Waals surface area contributed by atoms with Gasteiger partial charge in [-0.3, -0.25) is 0 Å². The molecule has 0 bridgehead atoms. The van der Waals surface area contributed by atoms with Crippen molar-refractivity contribution in [3.05, 3.63) is 28.4 Å². The van der Waals surface area contributed by atoms with Crippen molar-refractivity contribution in [2.75, 3.05) is 18.0 Å². The molecule has 5 nitrogen and oxygen atoms in total. The fourth-order valence-electron chi connectivity index (χ4n) is 2.05. The monoisotopic (exact) mass is 340 g/mol. The molecule has 1 saturated heterocycles. The summed E-state index contributed by atoms with van der Waals surface area (Å²) in [5.41, 5.74) is 0. The molecule has 2 aromatic rings. The highest BCUT2D eigenvalue weighted by molar-refractivity contribution is 9.10. The first kappa shape index (κ1) is 12.8. The molecule has 2 aromatic heterocycles. The Hall–Kier alpha value is -1.21. The zero-order valence-corrected chi connectivity index (χ0v) is 12.6. The van der Waals surface area contributed by atoms with E-state index < -0.39 is 0 Å². The lowest BCUT2D eigenvalue weighted by Crippen LogP contribution is -2.39. The number of anilines is 1. The summed E-state index contributed by atoms with van der Waals surface area (Å²) in [6.07, 6.45) is 7.52. The molecule has 3 rings (SSSR count). The van der Waals surface area contributed by atoms with Gasteiger partial charge in [0.1, 0.15) is 6.10 Å². The van der Waals surface area contributed by atoms with Crippen molar-refractivity contribution in [1.29, 1.82) is 0 Å². The van der Waals surface area contributed by atoms with Gasteiger partial charge in [0.2, 0.25) is 5.95 Å². The second-order valence-corrected chi connectivity index (χ2v) is 6.08. The molecule has 19 heavy (non-hydrogen) atoms. The van der Waals surface area contributed by atoms with Crippen LogP contribution in [0.4, 0.5) is 5.95 Å². The second-order valence-electron chi connectivity index (χ2n) is 4.30. The molecular formula is C12H13BrN4OS. The minimum Gasteiger partial charge on any atom is -0.467 e. The molecule has 7 heteroatoms. The van der Waals surface area contributed by atoms with E-state index in [4.69, 9.17) is 4.74 Å². The molecule has 0 N–H and O–H groups in total. The summed E-state index contributed by atoms with van der Waals surface area (Å²) in [5.74, 6) is 0.788. The number of aromatic nitrogens is 3. The zero-order valence-electron chi connectivity index (χ0n) is 10.2. The number of nitrogens with zero attached hydrogens (tertiary/aromatic N) is 4. The van der Waals surface area contributed by atoms with Crippen LogP contribution in [0.15, 0.2) is 28.4 Å². The molecule has 0 amide bonds. The van der Waals surface area contributed by atoms with Gasteiger partial charge in [-0.25, -0.2) is 15.0 Å². The zero-order chi connectivity index (χ0) is 13.1. The van der Waals surface area contributed by atoms with Crippen molar-refractivity contribution in [3.8, 4) is 5.19 Å². The van der Waals surface area contributed by atoms with Crippen molar-refractivity contribution >= 4 is 33.2 Å². The Labute approximate surface area is 123 Å². The maximum absolute atomic E-state index is 5.83. The number of rotatable bonds is 3. The Bertz CT molecular complexity index is 511. The molecule has 0 saturated carbocycles. The lowest BCUT2D eigenvalue weighted by molar-refractivity contribution is 0.170. The number of hydrogen-bond donors (Lipinski definition) is 0. The van der Waals surface area contributed by atoms with Gasteiger partial charge < -0.3 is 9.64 Å². The van der Waals surface area contributed by atoms with Gasteiger partial charge in [0.15, 0.2) is 0 Å². The number of piperidine rings is 1. The Morgan fingerprint density at radius 2 is 1.95 bits per heavy atom. The molecule has 0 aromatic carbocycles. The van der Waals surface area contributed by atoms with Crippen LogP contribution in [0.1, 0.15) is 12.8 Å². The van der Waals surface area contributed by atoms with Crippen LogP contribution >= 0.6 is 27.3 Å². The number of ether oxygens (including phenoxy) is 1. The third-order valence-electron chi connectivity index (χ3n) is 3.01. The number of hydrogen-bond acceptors (Lipinski definition) is 6. The van der Waals surface area contributed by atoms with Crippen molar-refractivity contribution in [3.63, 3.8) is 0 Å². The van der Waals surface area contributed by atoms with Crippen LogP contribution in [-0.2, 0) is 0 Å². The third kappa shape index (κ3) is 3.22. The average Bonchev–Trinajstić information content (AvgIpc) is 2.94. The molecule has 0 aliphatic carbocycles. The van der Waals surface area contributed by atoms with Crippen molar-refractivity contribution in [2.45, 2.75) is 18.9 Å². The maximum Gasteiger partial charge on any atom is 0.273 e. The van der Waals surface area contributed by atoms with Gasteiger partial charge in [-0.15, -0.1) is 0 Å². The molecule has 0 unspecified atom stereocenters. The molecule has 0 radical (unpaired) electrons. The summed E-state index contributed by atoms with van der Waals surface area (Å²) < 4.78 is 6.73. The SMILES string of the molecule is Brc1cnc(N2CCC(Oc3nccs3)CC2)nc1. The summed E-state index contributed by atoms with van der Waals surface area (Å²) in [7, 11) is 0. The predicted octanol–water partition coefficient (Wildman–Crippen LogP) is 2.74. The minimum absolute atomic E-state index is 0.248. The van der Waals surface area contributed by atoms with Gasteiger partial charge >= 0.3 is 0 Å². The lowest BCUT2D eigenvalue weighted by atomic mass is 10.1. The molecule has 1 aliphatic rings. The first-order chi connectivity index (χ1) is 9.31. The van der Waals surface area contributed by atoms with E-state index in [0.717, 1.165) is 41.5 Å². The topological polar surface area (TPSA) is 51.1 Å². The fourth-order valence-corrected chi connectivity index (χ4v) is 2.81. The maximum atomic E-state index is 5.83. The van der Waals surface area contributed by atoms with Crippen LogP contribution in [0.2, 0.25) is 0 Å². The summed E-state index contributed by atoms with van der Waals surface area (Å²) >= 11 is 4.88. The molecule has 1 aliphatic heterocycles. The van der Waals surface area contributed by atoms with Gasteiger partial charge in [0.25, 0.3) is 5.19 Å². The molecule has 3 heterocycles. The lowest BCUT2D eigenvalue weighted by Gasteiger charge is -2.31. The Kier molecular flexibility index (Phi) is 3.93. The van der Waals surface area contributed by atoms with Gasteiger partial charge in [0.05, 0.1) is 4.47 Å². The fraction of sp³-hybridized carbons (Fsp3) is 0.417. The van der Waals surface area contributed by atoms with Crippen LogP contribution in [0.3, 0.4) is 0 Å². The molecule has 100 valence electrons. The first-order valence-electron chi connectivity index (χ1n) is 6.10. The Morgan fingerprint density at radius 3 is 2.58 bits per heavy atom. The van der Waals surface area contributed by atoms with E-state index in [2.05, 4.69) is 35.8 Å². The summed E-state index contributed by atoms with van der Waals surface area (Å²) in [5, 5.41) is 2.69. The van der Waals surface area contributed by atoms with Crippen molar-refractivity contribution in [1.82, 2.24) is 15.0 Å². The predicted molar refractivity (Wildman–Crippen MR) is 77.7 cm³/mol. The number of halogens is 1. The highest BCUT2D eigenvalue weighted by atomic mass is 79.9. The van der Waals surface area contributed by atoms with Crippen LogP contribution in [0.5, 0.6) is 5.19 Å². The summed E-state index contributed by atoms with van der Waals surface area (Å²) in [6.45, 7) is 1.83. The highest BCUT2D eigenvalue weighted by Gasteiger charge is 2.22. The molecule has 0 atom stereocenters. The smallest absolute Gasteiger partial charge is 0.273 e. The Balaban J connectivity index is 1.56. The average molecular weight is 341 g/mol. The van der Waals surface area contributed by atoms with Crippen molar-refractivity contribution < 1.29 is 4.74 Å². The van der Waals surface area contributed by atoms with E-state index in [1.54, 1.807) is 18.6 Å². The van der Waals surface area contributed by atoms with Gasteiger partial charge in [-0.2, -0.15) is 0 Å². The summed E-state index contributed by atoms with van der Waals surface area (Å²) in [4.78, 5) is 15.0. The molecular weight excluding hydrogens is 328 g/mol. The van der Waals surface area contributed by atoms with Crippen molar-refractivity contribution in [2.24, 2.45) is 0 Å². The quantitative estimate of drug-likeness (QED) is 0.859. The highest BCUT2D eigenvalue weighted by Crippen LogP contribution is 2.22. The van der Waals surface area contributed by atoms with Gasteiger partial charge in [-0.05, 0) is 15.9 Å². The Morgan fingerprint density at radius 1 is 1.21 bits per heavy atom. The minimum atomic E-state index is 0.248. The van der Waals surface area contributed by atoms with E-state index in [1.165, 1.54) is 11.3 Å². The number of thiazole rings is 1. The molecule has 0 spiro atoms. The summed E-state index contributed by atoms with van der Waals surface area (Å²) in [6, 6.07) is 0. The normalized spacial score (nSPS) is 16.6. The van der Waals surface area contributed by atoms with E-state index in [-0.39, 0.29) is 6.10 Å². The van der Waals surface area contributed by atoms with Crippen LogP contribution in [-0.4, -0.2) is 34.1 Å². The van der Waals surface area contributed by atoms with E-state index in [0.29, 0.717) is 0 Å². The largest absolute Gasteiger partial charge is 0.467 e.